The van der Waals surface area contributed by atoms with E-state index in [0.29, 0.717) is 41.7 Å². The molecule has 1 fully saturated rings. The summed E-state index contributed by atoms with van der Waals surface area (Å²) in [5.74, 6) is -4.67. The van der Waals surface area contributed by atoms with Crippen LogP contribution >= 0.6 is 0 Å². The van der Waals surface area contributed by atoms with Gasteiger partial charge in [-0.25, -0.2) is 8.78 Å². The zero-order valence-corrected chi connectivity index (χ0v) is 20.6. The molecule has 5 rings (SSSR count). The summed E-state index contributed by atoms with van der Waals surface area (Å²) < 4.78 is 68.1. The molecule has 2 aliphatic rings. The van der Waals surface area contributed by atoms with Crippen molar-refractivity contribution in [1.29, 1.82) is 5.26 Å². The van der Waals surface area contributed by atoms with Crippen LogP contribution in [0.4, 0.5) is 27.6 Å². The summed E-state index contributed by atoms with van der Waals surface area (Å²) in [6.45, 7) is 3.62. The Balaban J connectivity index is 1.35. The monoisotopic (exact) mass is 533 g/mol. The summed E-state index contributed by atoms with van der Waals surface area (Å²) in [4.78, 5) is 21.1. The van der Waals surface area contributed by atoms with Gasteiger partial charge in [-0.05, 0) is 18.4 Å². The lowest BCUT2D eigenvalue weighted by molar-refractivity contribution is -0.148. The second-order valence-electron chi connectivity index (χ2n) is 9.92. The quantitative estimate of drug-likeness (QED) is 0.466. The second-order valence-corrected chi connectivity index (χ2v) is 9.92. The van der Waals surface area contributed by atoms with Crippen molar-refractivity contribution in [2.75, 3.05) is 24.5 Å². The molecule has 1 aromatic carbocycles. The van der Waals surface area contributed by atoms with Gasteiger partial charge in [-0.1, -0.05) is 19.1 Å². The van der Waals surface area contributed by atoms with Gasteiger partial charge >= 0.3 is 6.18 Å². The third kappa shape index (κ3) is 4.52. The molecule has 0 N–H and O–H groups in total. The molecule has 4 heterocycles. The Kier molecular flexibility index (Phi) is 6.24. The number of hydrogen-bond donors (Lipinski definition) is 0. The maximum atomic E-state index is 13.9. The van der Waals surface area contributed by atoms with E-state index in [0.717, 1.165) is 11.5 Å². The summed E-state index contributed by atoms with van der Waals surface area (Å²) in [5, 5.41) is 17.2. The number of anilines is 1. The number of hydrogen-bond acceptors (Lipinski definition) is 6. The van der Waals surface area contributed by atoms with Gasteiger partial charge in [-0.3, -0.25) is 9.78 Å². The molecule has 200 valence electrons. The highest BCUT2D eigenvalue weighted by Crippen LogP contribution is 2.37. The number of alkyl halides is 5. The molecule has 0 saturated carbocycles. The molecular weight excluding hydrogens is 509 g/mol. The maximum Gasteiger partial charge on any atom is 0.451 e. The summed E-state index contributed by atoms with van der Waals surface area (Å²) >= 11 is 0. The van der Waals surface area contributed by atoms with E-state index in [4.69, 9.17) is 0 Å². The lowest BCUT2D eigenvalue weighted by Gasteiger charge is -2.40. The number of nitrogens with zero attached hydrogens (tertiary/aromatic N) is 7. The Bertz CT molecular complexity index is 1440. The molecule has 38 heavy (non-hydrogen) atoms. The molecule has 3 aromatic rings. The van der Waals surface area contributed by atoms with Crippen molar-refractivity contribution >= 4 is 22.5 Å². The number of nitriles is 1. The van der Waals surface area contributed by atoms with Crippen LogP contribution in [0.3, 0.4) is 0 Å². The number of benzene rings is 1. The highest BCUT2D eigenvalue weighted by molar-refractivity contribution is 5.95. The van der Waals surface area contributed by atoms with Crippen molar-refractivity contribution in [1.82, 2.24) is 24.6 Å². The SMILES string of the molecule is CC1CN(c2c(C#N)cnc3cc(C(C)(F)F)ccc23)CCC1C(=O)N1CCn2c(nnc2C(F)(F)F)C1. The van der Waals surface area contributed by atoms with Crippen LogP contribution in [-0.2, 0) is 30.0 Å². The van der Waals surface area contributed by atoms with Gasteiger partial charge in [0.2, 0.25) is 11.7 Å². The molecule has 13 heteroatoms. The minimum Gasteiger partial charge on any atom is -0.370 e. The number of carbonyl (C=O) groups excluding carboxylic acids is 1. The Morgan fingerprint density at radius 3 is 2.55 bits per heavy atom. The van der Waals surface area contributed by atoms with Crippen LogP contribution in [0.5, 0.6) is 0 Å². The van der Waals surface area contributed by atoms with Crippen LogP contribution in [-0.4, -0.2) is 50.2 Å². The Morgan fingerprint density at radius 1 is 1.13 bits per heavy atom. The fourth-order valence-electron chi connectivity index (χ4n) is 5.38. The minimum absolute atomic E-state index is 0.0382. The highest BCUT2D eigenvalue weighted by atomic mass is 19.4. The largest absolute Gasteiger partial charge is 0.451 e. The van der Waals surface area contributed by atoms with Crippen LogP contribution in [0.15, 0.2) is 24.4 Å². The molecule has 0 spiro atoms. The van der Waals surface area contributed by atoms with Gasteiger partial charge in [-0.2, -0.15) is 18.4 Å². The molecule has 0 aliphatic carbocycles. The normalized spacial score (nSPS) is 20.4. The minimum atomic E-state index is -4.61. The topological polar surface area (TPSA) is 90.9 Å². The van der Waals surface area contributed by atoms with Gasteiger partial charge in [0, 0.05) is 56.2 Å². The van der Waals surface area contributed by atoms with E-state index in [-0.39, 0.29) is 48.8 Å². The van der Waals surface area contributed by atoms with Crippen molar-refractivity contribution in [2.45, 2.75) is 45.5 Å². The first-order valence-corrected chi connectivity index (χ1v) is 12.1. The zero-order valence-electron chi connectivity index (χ0n) is 20.6. The molecule has 2 aromatic heterocycles. The van der Waals surface area contributed by atoms with Crippen molar-refractivity contribution < 1.29 is 26.7 Å². The van der Waals surface area contributed by atoms with Crippen LogP contribution in [0.2, 0.25) is 0 Å². The molecule has 2 unspecified atom stereocenters. The second kappa shape index (κ2) is 9.18. The van der Waals surface area contributed by atoms with E-state index >= 15 is 0 Å². The van der Waals surface area contributed by atoms with E-state index in [1.807, 2.05) is 11.8 Å². The van der Waals surface area contributed by atoms with E-state index in [9.17, 15) is 32.0 Å². The predicted octanol–water partition coefficient (Wildman–Crippen LogP) is 4.33. The molecule has 8 nitrogen and oxygen atoms in total. The standard InChI is InChI=1S/C25H24F5N7O/c1-14-12-35(21-15(10-31)11-32-19-9-16(24(2,26)27)3-4-18(19)21)6-5-17(14)22(38)36-7-8-37-20(13-36)33-34-23(37)25(28,29)30/h3-4,9,11,14,17H,5-8,12-13H2,1-2H3. The van der Waals surface area contributed by atoms with Crippen molar-refractivity contribution in [3.8, 4) is 6.07 Å². The summed E-state index contributed by atoms with van der Waals surface area (Å²) in [6, 6.07) is 6.32. The van der Waals surface area contributed by atoms with Crippen molar-refractivity contribution in [3.63, 3.8) is 0 Å². The first kappa shape index (κ1) is 25.8. The van der Waals surface area contributed by atoms with E-state index in [1.54, 1.807) is 6.07 Å². The van der Waals surface area contributed by atoms with Crippen LogP contribution in [0.1, 0.15) is 43.0 Å². The maximum absolute atomic E-state index is 13.9. The third-order valence-electron chi connectivity index (χ3n) is 7.33. The number of piperidine rings is 1. The average Bonchev–Trinajstić information content (AvgIpc) is 3.30. The van der Waals surface area contributed by atoms with E-state index < -0.39 is 17.9 Å². The van der Waals surface area contributed by atoms with E-state index in [2.05, 4.69) is 21.3 Å². The fraction of sp³-hybridized carbons (Fsp3) is 0.480. The Labute approximate surface area is 214 Å². The molecule has 2 atom stereocenters. The number of halogens is 5. The Hall–Kier alpha value is -3.82. The first-order valence-electron chi connectivity index (χ1n) is 12.1. The lowest BCUT2D eigenvalue weighted by Crippen LogP contribution is -2.49. The van der Waals surface area contributed by atoms with Gasteiger partial charge < -0.3 is 14.4 Å². The number of rotatable bonds is 3. The molecule has 0 radical (unpaired) electrons. The zero-order chi connectivity index (χ0) is 27.4. The number of amides is 1. The summed E-state index contributed by atoms with van der Waals surface area (Å²) in [6.07, 6.45) is -2.79. The fourth-order valence-corrected chi connectivity index (χ4v) is 5.38. The van der Waals surface area contributed by atoms with Gasteiger partial charge in [0.1, 0.15) is 6.07 Å². The predicted molar refractivity (Wildman–Crippen MR) is 126 cm³/mol. The van der Waals surface area contributed by atoms with Crippen LogP contribution in [0, 0.1) is 23.2 Å². The number of aromatic nitrogens is 4. The first-order chi connectivity index (χ1) is 17.9. The molecule has 2 aliphatic heterocycles. The van der Waals surface area contributed by atoms with Gasteiger partial charge in [0.25, 0.3) is 5.92 Å². The average molecular weight is 534 g/mol. The number of pyridine rings is 1. The Morgan fingerprint density at radius 2 is 1.89 bits per heavy atom. The molecular formula is C25H24F5N7O. The van der Waals surface area contributed by atoms with Crippen LogP contribution < -0.4 is 4.90 Å². The molecule has 1 amide bonds. The highest BCUT2D eigenvalue weighted by Gasteiger charge is 2.41. The van der Waals surface area contributed by atoms with Crippen molar-refractivity contribution in [3.05, 3.63) is 47.2 Å². The van der Waals surface area contributed by atoms with Gasteiger partial charge in [0.15, 0.2) is 5.82 Å². The smallest absolute Gasteiger partial charge is 0.370 e. The van der Waals surface area contributed by atoms with E-state index in [1.165, 1.54) is 23.2 Å². The van der Waals surface area contributed by atoms with Crippen molar-refractivity contribution in [2.24, 2.45) is 11.8 Å². The van der Waals surface area contributed by atoms with Gasteiger partial charge in [-0.15, -0.1) is 10.2 Å². The number of fused-ring (bicyclic) bond motifs is 2. The molecule has 0 bridgehead atoms. The summed E-state index contributed by atoms with van der Waals surface area (Å²) in [5.41, 5.74) is 1.07. The third-order valence-corrected chi connectivity index (χ3v) is 7.33. The summed E-state index contributed by atoms with van der Waals surface area (Å²) in [7, 11) is 0. The number of carbonyl (C=O) groups is 1. The molecule has 1 saturated heterocycles. The lowest BCUT2D eigenvalue weighted by atomic mass is 9.85. The van der Waals surface area contributed by atoms with Crippen LogP contribution in [0.25, 0.3) is 10.9 Å². The van der Waals surface area contributed by atoms with Gasteiger partial charge in [0.05, 0.1) is 23.3 Å².